The summed E-state index contributed by atoms with van der Waals surface area (Å²) in [6.07, 6.45) is -0.178. The molecule has 0 radical (unpaired) electrons. The highest BCUT2D eigenvalue weighted by molar-refractivity contribution is 5.70. The number of hydrogen-bond acceptors (Lipinski definition) is 3. The molecule has 5 nitrogen and oxygen atoms in total. The fourth-order valence-corrected chi connectivity index (χ4v) is 1.96. The minimum absolute atomic E-state index is 0.103. The van der Waals surface area contributed by atoms with E-state index in [1.54, 1.807) is 12.1 Å². The molecule has 0 unspecified atom stereocenters. The van der Waals surface area contributed by atoms with Gasteiger partial charge in [0.25, 0.3) is 5.56 Å². The second-order valence-corrected chi connectivity index (χ2v) is 4.99. The van der Waals surface area contributed by atoms with Gasteiger partial charge >= 0.3 is 5.97 Å². The SMILES string of the molecule is CC(C)Oc1ccc(-c2ccc(CC(=O)O)c(=O)[nH]2)cc1. The van der Waals surface area contributed by atoms with Crippen LogP contribution in [0.1, 0.15) is 19.4 Å². The number of rotatable bonds is 5. The summed E-state index contributed by atoms with van der Waals surface area (Å²) in [6.45, 7) is 3.90. The van der Waals surface area contributed by atoms with Crippen LogP contribution in [0.2, 0.25) is 0 Å². The van der Waals surface area contributed by atoms with Gasteiger partial charge in [0.2, 0.25) is 0 Å². The molecular formula is C16H17NO4. The Morgan fingerprint density at radius 1 is 1.19 bits per heavy atom. The number of aromatic amines is 1. The minimum Gasteiger partial charge on any atom is -0.491 e. The van der Waals surface area contributed by atoms with Gasteiger partial charge in [-0.25, -0.2) is 0 Å². The van der Waals surface area contributed by atoms with Crippen LogP contribution in [-0.2, 0) is 11.2 Å². The number of benzene rings is 1. The van der Waals surface area contributed by atoms with Crippen molar-refractivity contribution in [2.75, 3.05) is 0 Å². The van der Waals surface area contributed by atoms with Crippen molar-refractivity contribution < 1.29 is 14.6 Å². The predicted molar refractivity (Wildman–Crippen MR) is 79.6 cm³/mol. The number of nitrogens with one attached hydrogen (secondary N) is 1. The van der Waals surface area contributed by atoms with E-state index in [2.05, 4.69) is 4.98 Å². The molecule has 110 valence electrons. The van der Waals surface area contributed by atoms with E-state index in [1.807, 2.05) is 38.1 Å². The van der Waals surface area contributed by atoms with Gasteiger partial charge in [0.05, 0.1) is 12.5 Å². The number of carboxylic acid groups (broad SMARTS) is 1. The van der Waals surface area contributed by atoms with Crippen molar-refractivity contribution in [3.05, 3.63) is 52.3 Å². The summed E-state index contributed by atoms with van der Waals surface area (Å²) >= 11 is 0. The molecule has 1 heterocycles. The summed E-state index contributed by atoms with van der Waals surface area (Å²) in [5.41, 5.74) is 1.35. The summed E-state index contributed by atoms with van der Waals surface area (Å²) < 4.78 is 5.55. The molecule has 2 aromatic rings. The monoisotopic (exact) mass is 287 g/mol. The third-order valence-electron chi connectivity index (χ3n) is 2.87. The van der Waals surface area contributed by atoms with E-state index in [4.69, 9.17) is 9.84 Å². The Labute approximate surface area is 122 Å². The molecule has 0 amide bonds. The van der Waals surface area contributed by atoms with Crippen LogP contribution in [0.4, 0.5) is 0 Å². The van der Waals surface area contributed by atoms with Crippen molar-refractivity contribution in [2.45, 2.75) is 26.4 Å². The van der Waals surface area contributed by atoms with Gasteiger partial charge in [-0.15, -0.1) is 0 Å². The average molecular weight is 287 g/mol. The zero-order chi connectivity index (χ0) is 15.4. The normalized spacial score (nSPS) is 10.6. The fourth-order valence-electron chi connectivity index (χ4n) is 1.96. The number of ether oxygens (including phenoxy) is 1. The zero-order valence-electron chi connectivity index (χ0n) is 11.9. The van der Waals surface area contributed by atoms with Gasteiger partial charge in [0.15, 0.2) is 0 Å². The van der Waals surface area contributed by atoms with Crippen molar-refractivity contribution in [1.82, 2.24) is 4.98 Å². The van der Waals surface area contributed by atoms with Crippen LogP contribution in [0.3, 0.4) is 0 Å². The third-order valence-corrected chi connectivity index (χ3v) is 2.87. The Morgan fingerprint density at radius 3 is 2.38 bits per heavy atom. The lowest BCUT2D eigenvalue weighted by Crippen LogP contribution is -2.16. The molecule has 1 aromatic carbocycles. The Balaban J connectivity index is 2.24. The average Bonchev–Trinajstić information content (AvgIpc) is 2.41. The van der Waals surface area contributed by atoms with Crippen LogP contribution >= 0.6 is 0 Å². The molecule has 5 heteroatoms. The van der Waals surface area contributed by atoms with Gasteiger partial charge in [0.1, 0.15) is 5.75 Å². The van der Waals surface area contributed by atoms with E-state index in [1.165, 1.54) is 0 Å². The second kappa shape index (κ2) is 6.26. The largest absolute Gasteiger partial charge is 0.491 e. The molecule has 0 fully saturated rings. The van der Waals surface area contributed by atoms with Crippen LogP contribution < -0.4 is 10.3 Å². The van der Waals surface area contributed by atoms with Crippen molar-refractivity contribution in [2.24, 2.45) is 0 Å². The molecule has 0 bridgehead atoms. The zero-order valence-corrected chi connectivity index (χ0v) is 11.9. The Hall–Kier alpha value is -2.56. The van der Waals surface area contributed by atoms with Gasteiger partial charge in [-0.1, -0.05) is 6.07 Å². The topological polar surface area (TPSA) is 79.4 Å². The number of hydrogen-bond donors (Lipinski definition) is 2. The first-order valence-corrected chi connectivity index (χ1v) is 6.67. The first kappa shape index (κ1) is 14.8. The van der Waals surface area contributed by atoms with E-state index < -0.39 is 5.97 Å². The van der Waals surface area contributed by atoms with E-state index in [0.29, 0.717) is 5.69 Å². The summed E-state index contributed by atoms with van der Waals surface area (Å²) in [5, 5.41) is 8.71. The molecule has 2 rings (SSSR count). The van der Waals surface area contributed by atoms with Gasteiger partial charge < -0.3 is 14.8 Å². The molecular weight excluding hydrogens is 270 g/mol. The number of H-pyrrole nitrogens is 1. The molecule has 0 spiro atoms. The predicted octanol–water partition coefficient (Wildman–Crippen LogP) is 2.46. The van der Waals surface area contributed by atoms with Crippen LogP contribution in [0.15, 0.2) is 41.2 Å². The van der Waals surface area contributed by atoms with E-state index >= 15 is 0 Å². The van der Waals surface area contributed by atoms with E-state index in [-0.39, 0.29) is 23.6 Å². The Morgan fingerprint density at radius 2 is 1.86 bits per heavy atom. The Bertz CT molecular complexity index is 686. The van der Waals surface area contributed by atoms with Crippen LogP contribution in [0, 0.1) is 0 Å². The van der Waals surface area contributed by atoms with Crippen LogP contribution in [0.25, 0.3) is 11.3 Å². The van der Waals surface area contributed by atoms with Crippen LogP contribution in [-0.4, -0.2) is 22.2 Å². The molecule has 0 aliphatic rings. The quantitative estimate of drug-likeness (QED) is 0.885. The first-order valence-electron chi connectivity index (χ1n) is 6.67. The highest BCUT2D eigenvalue weighted by Gasteiger charge is 2.07. The molecule has 21 heavy (non-hydrogen) atoms. The molecule has 0 aliphatic heterocycles. The highest BCUT2D eigenvalue weighted by Crippen LogP contribution is 2.20. The molecule has 0 saturated heterocycles. The van der Waals surface area contributed by atoms with Gasteiger partial charge in [-0.2, -0.15) is 0 Å². The molecule has 0 atom stereocenters. The third kappa shape index (κ3) is 3.95. The van der Waals surface area contributed by atoms with E-state index in [9.17, 15) is 9.59 Å². The second-order valence-electron chi connectivity index (χ2n) is 4.99. The van der Waals surface area contributed by atoms with Gasteiger partial charge in [-0.05, 0) is 49.7 Å². The lowest BCUT2D eigenvalue weighted by Gasteiger charge is -2.10. The number of carbonyl (C=O) groups is 1. The van der Waals surface area contributed by atoms with Gasteiger partial charge in [-0.3, -0.25) is 9.59 Å². The van der Waals surface area contributed by atoms with Crippen LogP contribution in [0.5, 0.6) is 5.75 Å². The first-order chi connectivity index (χ1) is 9.95. The lowest BCUT2D eigenvalue weighted by molar-refractivity contribution is -0.136. The summed E-state index contributed by atoms with van der Waals surface area (Å²) in [7, 11) is 0. The number of pyridine rings is 1. The van der Waals surface area contributed by atoms with Crippen molar-refractivity contribution >= 4 is 5.97 Å². The maximum Gasteiger partial charge on any atom is 0.308 e. The van der Waals surface area contributed by atoms with Crippen molar-refractivity contribution in [3.63, 3.8) is 0 Å². The van der Waals surface area contributed by atoms with Crippen molar-refractivity contribution in [1.29, 1.82) is 0 Å². The standard InChI is InChI=1S/C16H17NO4/c1-10(2)21-13-6-3-11(4-7-13)14-8-5-12(9-15(18)19)16(20)17-14/h3-8,10H,9H2,1-2H3,(H,17,20)(H,18,19). The maximum absolute atomic E-state index is 11.8. The Kier molecular flexibility index (Phi) is 4.42. The molecule has 2 N–H and O–H groups in total. The number of aliphatic carboxylic acids is 1. The summed E-state index contributed by atoms with van der Waals surface area (Å²) in [5.74, 6) is -0.262. The van der Waals surface area contributed by atoms with Gasteiger partial charge in [0, 0.05) is 11.3 Å². The molecule has 0 aliphatic carbocycles. The highest BCUT2D eigenvalue weighted by atomic mass is 16.5. The smallest absolute Gasteiger partial charge is 0.308 e. The fraction of sp³-hybridized carbons (Fsp3) is 0.250. The molecule has 0 saturated carbocycles. The number of carboxylic acids is 1. The van der Waals surface area contributed by atoms with Crippen molar-refractivity contribution in [3.8, 4) is 17.0 Å². The summed E-state index contributed by atoms with van der Waals surface area (Å²) in [4.78, 5) is 25.2. The minimum atomic E-state index is -1.02. The number of aromatic nitrogens is 1. The summed E-state index contributed by atoms with van der Waals surface area (Å²) in [6, 6.07) is 10.6. The van der Waals surface area contributed by atoms with E-state index in [0.717, 1.165) is 11.3 Å². The maximum atomic E-state index is 11.8. The lowest BCUT2D eigenvalue weighted by atomic mass is 10.1. The molecule has 1 aromatic heterocycles.